The van der Waals surface area contributed by atoms with E-state index in [1.165, 1.54) is 41.7 Å². The van der Waals surface area contributed by atoms with Gasteiger partial charge in [-0.25, -0.2) is 0 Å². The average molecular weight is 260 g/mol. The van der Waals surface area contributed by atoms with Gasteiger partial charge in [-0.15, -0.1) is 0 Å². The van der Waals surface area contributed by atoms with E-state index in [9.17, 15) is 0 Å². The fourth-order valence-electron chi connectivity index (χ4n) is 1.62. The first-order chi connectivity index (χ1) is 7.76. The molecule has 1 rings (SSSR count). The summed E-state index contributed by atoms with van der Waals surface area (Å²) in [5.74, 6) is 3.70. The van der Waals surface area contributed by atoms with Gasteiger partial charge in [0.05, 0.1) is 6.04 Å². The highest BCUT2D eigenvalue weighted by atomic mass is 32.2. The van der Waals surface area contributed by atoms with E-state index in [0.717, 1.165) is 0 Å². The number of hydrogen-bond donors (Lipinski definition) is 1. The summed E-state index contributed by atoms with van der Waals surface area (Å²) in [5.41, 5.74) is 0. The summed E-state index contributed by atoms with van der Waals surface area (Å²) in [5, 5.41) is 4.71. The average Bonchev–Trinajstić information content (AvgIpc) is 2.29. The largest absolute Gasteiger partial charge is 0.362 e. The van der Waals surface area contributed by atoms with Crippen molar-refractivity contribution in [2.24, 2.45) is 4.99 Å². The second kappa shape index (κ2) is 8.29. The van der Waals surface area contributed by atoms with E-state index in [0.29, 0.717) is 12.1 Å². The summed E-state index contributed by atoms with van der Waals surface area (Å²) in [7, 11) is 0. The Labute approximate surface area is 108 Å². The number of thioether (sulfide) groups is 2. The third kappa shape index (κ3) is 5.48. The molecular formula is C12H24N2S2. The van der Waals surface area contributed by atoms with Crippen LogP contribution in [0, 0.1) is 0 Å². The van der Waals surface area contributed by atoms with E-state index in [4.69, 9.17) is 4.99 Å². The van der Waals surface area contributed by atoms with Gasteiger partial charge in [-0.3, -0.25) is 4.99 Å². The Morgan fingerprint density at radius 1 is 1.56 bits per heavy atom. The van der Waals surface area contributed by atoms with Crippen LogP contribution in [-0.4, -0.2) is 34.5 Å². The van der Waals surface area contributed by atoms with Crippen molar-refractivity contribution in [1.82, 2.24) is 5.32 Å². The predicted molar refractivity (Wildman–Crippen MR) is 78.8 cm³/mol. The SMILES string of the molecule is CCSCCC(C)NC1=NC(CC)CCS1. The van der Waals surface area contributed by atoms with Gasteiger partial charge in [0.1, 0.15) is 0 Å². The molecular weight excluding hydrogens is 236 g/mol. The van der Waals surface area contributed by atoms with Crippen molar-refractivity contribution in [3.05, 3.63) is 0 Å². The number of hydrogen-bond acceptors (Lipinski definition) is 4. The Kier molecular flexibility index (Phi) is 7.37. The van der Waals surface area contributed by atoms with Crippen LogP contribution in [0.5, 0.6) is 0 Å². The van der Waals surface area contributed by atoms with Gasteiger partial charge in [-0.1, -0.05) is 25.6 Å². The molecule has 0 fully saturated rings. The van der Waals surface area contributed by atoms with Crippen molar-refractivity contribution >= 4 is 28.7 Å². The molecule has 0 amide bonds. The van der Waals surface area contributed by atoms with Gasteiger partial charge in [-0.2, -0.15) is 11.8 Å². The number of aliphatic imine (C=N–C) groups is 1. The fourth-order valence-corrected chi connectivity index (χ4v) is 3.52. The molecule has 0 aliphatic carbocycles. The Balaban J connectivity index is 2.26. The van der Waals surface area contributed by atoms with Crippen LogP contribution in [0.1, 0.15) is 40.0 Å². The lowest BCUT2D eigenvalue weighted by atomic mass is 10.2. The highest BCUT2D eigenvalue weighted by Crippen LogP contribution is 2.18. The second-order valence-electron chi connectivity index (χ2n) is 4.16. The Morgan fingerprint density at radius 2 is 2.38 bits per heavy atom. The van der Waals surface area contributed by atoms with Crippen molar-refractivity contribution < 1.29 is 0 Å². The molecule has 0 bridgehead atoms. The molecule has 2 atom stereocenters. The van der Waals surface area contributed by atoms with Crippen LogP contribution in [0.2, 0.25) is 0 Å². The minimum atomic E-state index is 0.556. The van der Waals surface area contributed by atoms with Crippen LogP contribution in [-0.2, 0) is 0 Å². The maximum absolute atomic E-state index is 4.73. The van der Waals surface area contributed by atoms with Gasteiger partial charge in [0.2, 0.25) is 0 Å². The molecule has 1 N–H and O–H groups in total. The van der Waals surface area contributed by atoms with Gasteiger partial charge in [0.15, 0.2) is 5.17 Å². The van der Waals surface area contributed by atoms with Crippen LogP contribution in [0.4, 0.5) is 0 Å². The number of amidine groups is 1. The monoisotopic (exact) mass is 260 g/mol. The molecule has 0 aromatic heterocycles. The van der Waals surface area contributed by atoms with Gasteiger partial charge >= 0.3 is 0 Å². The summed E-state index contributed by atoms with van der Waals surface area (Å²) in [4.78, 5) is 4.73. The number of nitrogens with one attached hydrogen (secondary N) is 1. The van der Waals surface area contributed by atoms with E-state index >= 15 is 0 Å². The lowest BCUT2D eigenvalue weighted by molar-refractivity contribution is 0.610. The Hall–Kier alpha value is 0.170. The zero-order valence-electron chi connectivity index (χ0n) is 10.7. The van der Waals surface area contributed by atoms with Gasteiger partial charge in [0, 0.05) is 11.8 Å². The van der Waals surface area contributed by atoms with E-state index in [-0.39, 0.29) is 0 Å². The molecule has 0 saturated carbocycles. The summed E-state index contributed by atoms with van der Waals surface area (Å²) in [6.45, 7) is 6.70. The molecule has 4 heteroatoms. The highest BCUT2D eigenvalue weighted by Gasteiger charge is 2.15. The molecule has 0 spiro atoms. The molecule has 0 saturated heterocycles. The lowest BCUT2D eigenvalue weighted by Gasteiger charge is -2.22. The van der Waals surface area contributed by atoms with Crippen molar-refractivity contribution in [2.45, 2.75) is 52.1 Å². The van der Waals surface area contributed by atoms with E-state index in [2.05, 4.69) is 26.1 Å². The first-order valence-electron chi connectivity index (χ1n) is 6.31. The quantitative estimate of drug-likeness (QED) is 0.741. The van der Waals surface area contributed by atoms with E-state index in [1.807, 2.05) is 23.5 Å². The first-order valence-corrected chi connectivity index (χ1v) is 8.45. The molecule has 0 radical (unpaired) electrons. The zero-order valence-corrected chi connectivity index (χ0v) is 12.3. The van der Waals surface area contributed by atoms with Crippen molar-refractivity contribution in [1.29, 1.82) is 0 Å². The van der Waals surface area contributed by atoms with Crippen molar-refractivity contribution in [2.75, 3.05) is 17.3 Å². The summed E-state index contributed by atoms with van der Waals surface area (Å²) < 4.78 is 0. The maximum Gasteiger partial charge on any atom is 0.157 e. The molecule has 1 heterocycles. The predicted octanol–water partition coefficient (Wildman–Crippen LogP) is 3.38. The third-order valence-corrected chi connectivity index (χ3v) is 4.60. The second-order valence-corrected chi connectivity index (χ2v) is 6.64. The summed E-state index contributed by atoms with van der Waals surface area (Å²) in [6.07, 6.45) is 3.65. The zero-order chi connectivity index (χ0) is 11.8. The van der Waals surface area contributed by atoms with Crippen LogP contribution >= 0.6 is 23.5 Å². The topological polar surface area (TPSA) is 24.4 Å². The molecule has 0 aromatic carbocycles. The maximum atomic E-state index is 4.73. The third-order valence-electron chi connectivity index (χ3n) is 2.73. The van der Waals surface area contributed by atoms with Gasteiger partial charge < -0.3 is 5.32 Å². The van der Waals surface area contributed by atoms with Gasteiger partial charge in [-0.05, 0) is 37.7 Å². The summed E-state index contributed by atoms with van der Waals surface area (Å²) >= 11 is 3.90. The molecule has 16 heavy (non-hydrogen) atoms. The molecule has 2 nitrogen and oxygen atoms in total. The van der Waals surface area contributed by atoms with Crippen molar-refractivity contribution in [3.63, 3.8) is 0 Å². The standard InChI is InChI=1S/C12H24N2S2/c1-4-11-7-9-16-12(14-11)13-10(3)6-8-15-5-2/h10-11H,4-9H2,1-3H3,(H,13,14). The minimum Gasteiger partial charge on any atom is -0.362 e. The summed E-state index contributed by atoms with van der Waals surface area (Å²) in [6, 6.07) is 1.11. The van der Waals surface area contributed by atoms with Crippen LogP contribution in [0.15, 0.2) is 4.99 Å². The van der Waals surface area contributed by atoms with E-state index in [1.54, 1.807) is 0 Å². The van der Waals surface area contributed by atoms with Crippen LogP contribution < -0.4 is 5.32 Å². The first kappa shape index (κ1) is 14.2. The number of nitrogens with zero attached hydrogens (tertiary/aromatic N) is 1. The molecule has 1 aliphatic rings. The molecule has 1 aliphatic heterocycles. The van der Waals surface area contributed by atoms with Crippen molar-refractivity contribution in [3.8, 4) is 0 Å². The Bertz CT molecular complexity index is 219. The fraction of sp³-hybridized carbons (Fsp3) is 0.917. The normalized spacial score (nSPS) is 22.7. The van der Waals surface area contributed by atoms with Gasteiger partial charge in [0.25, 0.3) is 0 Å². The van der Waals surface area contributed by atoms with Crippen LogP contribution in [0.3, 0.4) is 0 Å². The molecule has 2 unspecified atom stereocenters. The van der Waals surface area contributed by atoms with E-state index < -0.39 is 0 Å². The highest BCUT2D eigenvalue weighted by molar-refractivity contribution is 8.13. The Morgan fingerprint density at radius 3 is 3.06 bits per heavy atom. The smallest absolute Gasteiger partial charge is 0.157 e. The molecule has 94 valence electrons. The number of rotatable bonds is 6. The van der Waals surface area contributed by atoms with Crippen LogP contribution in [0.25, 0.3) is 0 Å². The lowest BCUT2D eigenvalue weighted by Crippen LogP contribution is -2.34. The minimum absolute atomic E-state index is 0.556. The molecule has 0 aromatic rings.